The number of nitrogens with one attached hydrogen (secondary N) is 2. The zero-order valence-corrected chi connectivity index (χ0v) is 7.50. The van der Waals surface area contributed by atoms with Crippen molar-refractivity contribution >= 4 is 10.2 Å². The van der Waals surface area contributed by atoms with E-state index in [1.165, 1.54) is 11.8 Å². The molecule has 0 aliphatic heterocycles. The van der Waals surface area contributed by atoms with Crippen LogP contribution < -0.4 is 9.61 Å². The highest BCUT2D eigenvalue weighted by Gasteiger charge is 2.28. The summed E-state index contributed by atoms with van der Waals surface area (Å²) in [7, 11) is -3.98. The number of alkyl halides is 3. The predicted octanol–water partition coefficient (Wildman–Crippen LogP) is -0.0758. The molecule has 5 nitrogen and oxygen atoms in total. The molecular weight excluding hydrogens is 213 g/mol. The Hall–Kier alpha value is -0.380. The highest BCUT2D eigenvalue weighted by molar-refractivity contribution is 7.87. The molecule has 0 spiro atoms. The molecule has 0 aromatic rings. The molecular formula is C4H9F3N2O3S. The van der Waals surface area contributed by atoms with Gasteiger partial charge in [0, 0.05) is 6.54 Å². The molecule has 13 heavy (non-hydrogen) atoms. The molecule has 0 saturated heterocycles. The average Bonchev–Trinajstić information content (AvgIpc) is 1.82. The van der Waals surface area contributed by atoms with Gasteiger partial charge >= 0.3 is 6.18 Å². The third-order valence-corrected chi connectivity index (χ3v) is 1.74. The van der Waals surface area contributed by atoms with Gasteiger partial charge < -0.3 is 0 Å². The van der Waals surface area contributed by atoms with E-state index in [1.807, 2.05) is 4.72 Å². The summed E-state index contributed by atoms with van der Waals surface area (Å²) in [5.41, 5.74) is 0. The number of rotatable bonds is 5. The number of halogens is 3. The van der Waals surface area contributed by atoms with Crippen molar-refractivity contribution in [3.8, 4) is 0 Å². The molecule has 0 amide bonds. The van der Waals surface area contributed by atoms with E-state index in [2.05, 4.69) is 4.84 Å². The summed E-state index contributed by atoms with van der Waals surface area (Å²) in [6, 6.07) is 0. The molecule has 0 radical (unpaired) electrons. The third-order valence-electron chi connectivity index (χ3n) is 0.739. The normalized spacial score (nSPS) is 13.2. The van der Waals surface area contributed by atoms with Crippen molar-refractivity contribution in [2.75, 3.05) is 13.2 Å². The number of hydrogen-bond donors (Lipinski definition) is 2. The van der Waals surface area contributed by atoms with Crippen LogP contribution in [0.25, 0.3) is 0 Å². The molecule has 0 aliphatic carbocycles. The van der Waals surface area contributed by atoms with E-state index in [1.54, 1.807) is 0 Å². The van der Waals surface area contributed by atoms with Gasteiger partial charge in [0.1, 0.15) is 0 Å². The van der Waals surface area contributed by atoms with Gasteiger partial charge in [0.25, 0.3) is 10.2 Å². The summed E-state index contributed by atoms with van der Waals surface area (Å²) in [6.07, 6.45) is -4.56. The lowest BCUT2D eigenvalue weighted by Gasteiger charge is -2.08. The molecule has 0 saturated carbocycles. The van der Waals surface area contributed by atoms with Gasteiger partial charge in [-0.15, -0.1) is 0 Å². The van der Waals surface area contributed by atoms with Crippen LogP contribution in [0.15, 0.2) is 0 Å². The second-order valence-corrected chi connectivity index (χ2v) is 3.45. The summed E-state index contributed by atoms with van der Waals surface area (Å²) in [4.78, 5) is 4.95. The van der Waals surface area contributed by atoms with Gasteiger partial charge in [-0.25, -0.2) is 4.72 Å². The Kier molecular flexibility index (Phi) is 4.61. The summed E-state index contributed by atoms with van der Waals surface area (Å²) in [6.45, 7) is -0.134. The Bertz CT molecular complexity index is 238. The van der Waals surface area contributed by atoms with E-state index in [0.717, 1.165) is 0 Å². The lowest BCUT2D eigenvalue weighted by atomic mass is 10.7. The van der Waals surface area contributed by atoms with Crippen LogP contribution in [0, 0.1) is 0 Å². The molecule has 0 atom stereocenters. The minimum Gasteiger partial charge on any atom is -0.276 e. The zero-order valence-electron chi connectivity index (χ0n) is 6.68. The van der Waals surface area contributed by atoms with Crippen LogP contribution in [0.5, 0.6) is 0 Å². The van der Waals surface area contributed by atoms with E-state index in [4.69, 9.17) is 0 Å². The van der Waals surface area contributed by atoms with Crippen molar-refractivity contribution in [1.82, 2.24) is 9.61 Å². The van der Waals surface area contributed by atoms with Gasteiger partial charge in [-0.2, -0.15) is 21.6 Å². The summed E-state index contributed by atoms with van der Waals surface area (Å²) in [5, 5.41) is 0. The van der Waals surface area contributed by atoms with Crippen LogP contribution >= 0.6 is 0 Å². The monoisotopic (exact) mass is 222 g/mol. The van der Waals surface area contributed by atoms with E-state index >= 15 is 0 Å². The van der Waals surface area contributed by atoms with E-state index < -0.39 is 23.0 Å². The third kappa shape index (κ3) is 7.96. The smallest absolute Gasteiger partial charge is 0.276 e. The lowest BCUT2D eigenvalue weighted by molar-refractivity contribution is -0.181. The highest BCUT2D eigenvalue weighted by atomic mass is 32.2. The zero-order chi connectivity index (χ0) is 10.5. The first-order valence-corrected chi connectivity index (χ1v) is 4.70. The van der Waals surface area contributed by atoms with Gasteiger partial charge in [-0.1, -0.05) is 11.8 Å². The topological polar surface area (TPSA) is 67.4 Å². The van der Waals surface area contributed by atoms with Gasteiger partial charge in [0.2, 0.25) is 0 Å². The average molecular weight is 222 g/mol. The van der Waals surface area contributed by atoms with Crippen LogP contribution in [0.3, 0.4) is 0 Å². The van der Waals surface area contributed by atoms with Crippen molar-refractivity contribution in [3.63, 3.8) is 0 Å². The molecule has 0 rings (SSSR count). The van der Waals surface area contributed by atoms with Crippen molar-refractivity contribution in [3.05, 3.63) is 0 Å². The van der Waals surface area contributed by atoms with Crippen molar-refractivity contribution in [1.29, 1.82) is 0 Å². The molecule has 0 aliphatic rings. The molecule has 0 bridgehead atoms. The van der Waals surface area contributed by atoms with Gasteiger partial charge in [-0.05, 0) is 0 Å². The highest BCUT2D eigenvalue weighted by Crippen LogP contribution is 2.13. The summed E-state index contributed by atoms with van der Waals surface area (Å²) in [5.74, 6) is 0. The Morgan fingerprint density at radius 1 is 1.38 bits per heavy atom. The molecule has 0 aromatic carbocycles. The van der Waals surface area contributed by atoms with Crippen LogP contribution in [0.4, 0.5) is 13.2 Å². The quantitative estimate of drug-likeness (QED) is 0.639. The molecule has 2 N–H and O–H groups in total. The largest absolute Gasteiger partial charge is 0.413 e. The standard InChI is InChI=1S/C4H9F3N2O3S/c1-2-8-13(10,11)9-12-3-4(5,6)7/h8-9H,2-3H2,1H3. The molecule has 0 fully saturated rings. The Morgan fingerprint density at radius 3 is 2.31 bits per heavy atom. The van der Waals surface area contributed by atoms with Crippen LogP contribution in [-0.4, -0.2) is 27.7 Å². The first-order chi connectivity index (χ1) is 5.77. The molecule has 0 heterocycles. The maximum absolute atomic E-state index is 11.4. The van der Waals surface area contributed by atoms with Gasteiger partial charge in [0.15, 0.2) is 6.61 Å². The second-order valence-electron chi connectivity index (χ2n) is 1.99. The Morgan fingerprint density at radius 2 is 1.92 bits per heavy atom. The van der Waals surface area contributed by atoms with Gasteiger partial charge in [-0.3, -0.25) is 4.84 Å². The summed E-state index contributed by atoms with van der Waals surface area (Å²) < 4.78 is 57.4. The lowest BCUT2D eigenvalue weighted by Crippen LogP contribution is -2.38. The minimum absolute atomic E-state index is 0.0602. The maximum atomic E-state index is 11.4. The Labute approximate surface area is 73.4 Å². The SMILES string of the molecule is CCNS(=O)(=O)NOCC(F)(F)F. The van der Waals surface area contributed by atoms with E-state index in [9.17, 15) is 21.6 Å². The first-order valence-electron chi connectivity index (χ1n) is 3.22. The Balaban J connectivity index is 3.77. The first kappa shape index (κ1) is 12.6. The fraction of sp³-hybridized carbons (Fsp3) is 1.00. The summed E-state index contributed by atoms with van der Waals surface area (Å²) >= 11 is 0. The molecule has 9 heteroatoms. The minimum atomic E-state index is -4.56. The van der Waals surface area contributed by atoms with Crippen molar-refractivity contribution < 1.29 is 26.4 Å². The second kappa shape index (κ2) is 4.74. The van der Waals surface area contributed by atoms with Crippen molar-refractivity contribution in [2.24, 2.45) is 0 Å². The molecule has 0 aromatic heterocycles. The van der Waals surface area contributed by atoms with Crippen LogP contribution in [0.2, 0.25) is 0 Å². The predicted molar refractivity (Wildman–Crippen MR) is 37.7 cm³/mol. The van der Waals surface area contributed by atoms with Crippen molar-refractivity contribution in [2.45, 2.75) is 13.1 Å². The molecule has 0 unspecified atom stereocenters. The van der Waals surface area contributed by atoms with Crippen LogP contribution in [-0.2, 0) is 15.0 Å². The van der Waals surface area contributed by atoms with E-state index in [0.29, 0.717) is 0 Å². The maximum Gasteiger partial charge on any atom is 0.413 e. The number of hydrogen-bond acceptors (Lipinski definition) is 3. The fourth-order valence-electron chi connectivity index (χ4n) is 0.408. The molecule has 80 valence electrons. The van der Waals surface area contributed by atoms with Gasteiger partial charge in [0.05, 0.1) is 0 Å². The van der Waals surface area contributed by atoms with Crippen LogP contribution in [0.1, 0.15) is 6.92 Å². The fourth-order valence-corrected chi connectivity index (χ4v) is 1.06. The van der Waals surface area contributed by atoms with E-state index in [-0.39, 0.29) is 6.54 Å².